The van der Waals surface area contributed by atoms with Crippen molar-refractivity contribution in [2.45, 2.75) is 12.6 Å². The minimum atomic E-state index is -4.35. The number of aromatic nitrogens is 2. The number of rotatable bonds is 3. The molecule has 0 aliphatic carbocycles. The Labute approximate surface area is 101 Å². The maximum absolute atomic E-state index is 12.4. The van der Waals surface area contributed by atoms with Gasteiger partial charge in [0.25, 0.3) is 0 Å². The lowest BCUT2D eigenvalue weighted by molar-refractivity contribution is -0.137. The quantitative estimate of drug-likeness (QED) is 0.915. The average molecular weight is 257 g/mol. The zero-order valence-electron chi connectivity index (χ0n) is 9.24. The minimum absolute atomic E-state index is 0.187. The van der Waals surface area contributed by atoms with Gasteiger partial charge in [-0.1, -0.05) is 0 Å². The van der Waals surface area contributed by atoms with Crippen LogP contribution in [0.1, 0.15) is 11.5 Å². The van der Waals surface area contributed by atoms with E-state index in [9.17, 15) is 13.2 Å². The highest BCUT2D eigenvalue weighted by Crippen LogP contribution is 2.30. The van der Waals surface area contributed by atoms with Crippen molar-refractivity contribution >= 4 is 0 Å². The Hall–Kier alpha value is -1.89. The van der Waals surface area contributed by atoms with Crippen molar-refractivity contribution in [2.75, 3.05) is 6.54 Å². The Kier molecular flexibility index (Phi) is 3.33. The van der Waals surface area contributed by atoms with Crippen LogP contribution in [0.3, 0.4) is 0 Å². The molecule has 2 N–H and O–H groups in total. The largest absolute Gasteiger partial charge is 0.421 e. The Balaban J connectivity index is 2.23. The van der Waals surface area contributed by atoms with Gasteiger partial charge in [-0.05, 0) is 24.3 Å². The van der Waals surface area contributed by atoms with Gasteiger partial charge >= 0.3 is 6.18 Å². The summed E-state index contributed by atoms with van der Waals surface area (Å²) >= 11 is 0. The van der Waals surface area contributed by atoms with E-state index in [1.807, 2.05) is 0 Å². The van der Waals surface area contributed by atoms with Crippen LogP contribution in [0.2, 0.25) is 0 Å². The summed E-state index contributed by atoms with van der Waals surface area (Å²) in [7, 11) is 0. The summed E-state index contributed by atoms with van der Waals surface area (Å²) in [5.74, 6) is 0.555. The Morgan fingerprint density at radius 3 is 2.33 bits per heavy atom. The molecule has 0 saturated carbocycles. The first-order valence-electron chi connectivity index (χ1n) is 5.21. The number of hydrogen-bond acceptors (Lipinski definition) is 4. The van der Waals surface area contributed by atoms with E-state index in [1.54, 1.807) is 0 Å². The normalized spacial score (nSPS) is 11.8. The first-order chi connectivity index (χ1) is 8.50. The second-order valence-electron chi connectivity index (χ2n) is 3.61. The van der Waals surface area contributed by atoms with E-state index < -0.39 is 11.7 Å². The van der Waals surface area contributed by atoms with E-state index in [4.69, 9.17) is 10.2 Å². The van der Waals surface area contributed by atoms with Crippen LogP contribution in [-0.2, 0) is 12.6 Å². The predicted molar refractivity (Wildman–Crippen MR) is 57.5 cm³/mol. The van der Waals surface area contributed by atoms with E-state index >= 15 is 0 Å². The van der Waals surface area contributed by atoms with Crippen LogP contribution in [0.5, 0.6) is 0 Å². The molecular weight excluding hydrogens is 247 g/mol. The number of alkyl halides is 3. The fourth-order valence-corrected chi connectivity index (χ4v) is 1.40. The van der Waals surface area contributed by atoms with Crippen LogP contribution in [0, 0.1) is 0 Å². The minimum Gasteiger partial charge on any atom is -0.421 e. The smallest absolute Gasteiger partial charge is 0.416 e. The number of halogens is 3. The van der Waals surface area contributed by atoms with E-state index in [1.165, 1.54) is 12.1 Å². The third-order valence-electron chi connectivity index (χ3n) is 2.28. The summed E-state index contributed by atoms with van der Waals surface area (Å²) < 4.78 is 42.3. The molecule has 0 unspecified atom stereocenters. The molecule has 1 aromatic carbocycles. The van der Waals surface area contributed by atoms with Gasteiger partial charge in [0, 0.05) is 18.5 Å². The summed E-state index contributed by atoms with van der Waals surface area (Å²) in [6.07, 6.45) is -3.91. The lowest BCUT2D eigenvalue weighted by Crippen LogP contribution is -2.03. The van der Waals surface area contributed by atoms with Gasteiger partial charge < -0.3 is 10.2 Å². The zero-order valence-corrected chi connectivity index (χ0v) is 9.24. The first kappa shape index (κ1) is 12.6. The van der Waals surface area contributed by atoms with Crippen LogP contribution in [0.4, 0.5) is 13.2 Å². The molecule has 7 heteroatoms. The van der Waals surface area contributed by atoms with Crippen molar-refractivity contribution in [1.82, 2.24) is 10.2 Å². The van der Waals surface area contributed by atoms with Crippen LogP contribution in [0.15, 0.2) is 28.7 Å². The van der Waals surface area contributed by atoms with Crippen molar-refractivity contribution in [3.8, 4) is 11.5 Å². The van der Waals surface area contributed by atoms with Crippen molar-refractivity contribution < 1.29 is 17.6 Å². The maximum Gasteiger partial charge on any atom is 0.416 e. The topological polar surface area (TPSA) is 64.9 Å². The molecule has 18 heavy (non-hydrogen) atoms. The standard InChI is InChI=1S/C11H10F3N3O/c12-11(13,14)8-3-1-7(2-4-8)10-17-16-9(18-10)5-6-15/h1-4H,5-6,15H2. The fraction of sp³-hybridized carbons (Fsp3) is 0.273. The van der Waals surface area contributed by atoms with Crippen LogP contribution in [0.25, 0.3) is 11.5 Å². The molecule has 0 aliphatic rings. The van der Waals surface area contributed by atoms with Gasteiger partial charge in [0.05, 0.1) is 5.56 Å². The summed E-state index contributed by atoms with van der Waals surface area (Å²) in [4.78, 5) is 0. The molecule has 2 rings (SSSR count). The molecule has 0 fully saturated rings. The van der Waals surface area contributed by atoms with Crippen molar-refractivity contribution in [3.05, 3.63) is 35.7 Å². The van der Waals surface area contributed by atoms with Crippen LogP contribution >= 0.6 is 0 Å². The number of hydrogen-bond donors (Lipinski definition) is 1. The summed E-state index contributed by atoms with van der Waals surface area (Å²) in [5.41, 5.74) is 5.05. The van der Waals surface area contributed by atoms with Gasteiger partial charge in [0.1, 0.15) is 0 Å². The molecule has 0 saturated heterocycles. The van der Waals surface area contributed by atoms with Gasteiger partial charge in [-0.25, -0.2) is 0 Å². The lowest BCUT2D eigenvalue weighted by Gasteiger charge is -2.05. The third-order valence-corrected chi connectivity index (χ3v) is 2.28. The SMILES string of the molecule is NCCc1nnc(-c2ccc(C(F)(F)F)cc2)o1. The van der Waals surface area contributed by atoms with E-state index in [2.05, 4.69) is 10.2 Å². The van der Waals surface area contributed by atoms with E-state index in [-0.39, 0.29) is 5.89 Å². The second-order valence-corrected chi connectivity index (χ2v) is 3.61. The number of nitrogens with zero attached hydrogens (tertiary/aromatic N) is 2. The predicted octanol–water partition coefficient (Wildman–Crippen LogP) is 2.26. The van der Waals surface area contributed by atoms with Gasteiger partial charge in [0.2, 0.25) is 11.8 Å². The molecular formula is C11H10F3N3O. The molecule has 0 atom stereocenters. The summed E-state index contributed by atoms with van der Waals surface area (Å²) in [5, 5.41) is 7.48. The van der Waals surface area contributed by atoms with Crippen molar-refractivity contribution in [1.29, 1.82) is 0 Å². The Morgan fingerprint density at radius 2 is 1.78 bits per heavy atom. The molecule has 4 nitrogen and oxygen atoms in total. The van der Waals surface area contributed by atoms with Crippen LogP contribution < -0.4 is 5.73 Å². The zero-order chi connectivity index (χ0) is 13.2. The van der Waals surface area contributed by atoms with Gasteiger partial charge in [-0.15, -0.1) is 10.2 Å². The maximum atomic E-state index is 12.4. The highest BCUT2D eigenvalue weighted by Gasteiger charge is 2.30. The highest BCUT2D eigenvalue weighted by molar-refractivity contribution is 5.53. The monoisotopic (exact) mass is 257 g/mol. The van der Waals surface area contributed by atoms with Gasteiger partial charge in [-0.3, -0.25) is 0 Å². The summed E-state index contributed by atoms with van der Waals surface area (Å²) in [6, 6.07) is 4.54. The molecule has 0 amide bonds. The summed E-state index contributed by atoms with van der Waals surface area (Å²) in [6.45, 7) is 0.370. The van der Waals surface area contributed by atoms with E-state index in [0.29, 0.717) is 24.4 Å². The van der Waals surface area contributed by atoms with Crippen LogP contribution in [-0.4, -0.2) is 16.7 Å². The van der Waals surface area contributed by atoms with Crippen molar-refractivity contribution in [2.24, 2.45) is 5.73 Å². The first-order valence-corrected chi connectivity index (χ1v) is 5.21. The fourth-order valence-electron chi connectivity index (χ4n) is 1.40. The van der Waals surface area contributed by atoms with Crippen molar-refractivity contribution in [3.63, 3.8) is 0 Å². The molecule has 96 valence electrons. The highest BCUT2D eigenvalue weighted by atomic mass is 19.4. The molecule has 2 aromatic rings. The van der Waals surface area contributed by atoms with Gasteiger partial charge in [-0.2, -0.15) is 13.2 Å². The molecule has 0 aliphatic heterocycles. The molecule has 0 radical (unpaired) electrons. The van der Waals surface area contributed by atoms with E-state index in [0.717, 1.165) is 12.1 Å². The number of benzene rings is 1. The Bertz CT molecular complexity index is 519. The Morgan fingerprint density at radius 1 is 1.11 bits per heavy atom. The number of nitrogens with two attached hydrogens (primary N) is 1. The molecule has 1 heterocycles. The molecule has 1 aromatic heterocycles. The lowest BCUT2D eigenvalue weighted by atomic mass is 10.1. The third kappa shape index (κ3) is 2.67. The second kappa shape index (κ2) is 4.77. The van der Waals surface area contributed by atoms with Gasteiger partial charge in [0.15, 0.2) is 0 Å². The average Bonchev–Trinajstić information content (AvgIpc) is 2.77. The molecule has 0 bridgehead atoms. The molecule has 0 spiro atoms.